The fourth-order valence-corrected chi connectivity index (χ4v) is 5.81. The highest BCUT2D eigenvalue weighted by Crippen LogP contribution is 2.26. The Bertz CT molecular complexity index is 1180. The van der Waals surface area contributed by atoms with E-state index in [1.165, 1.54) is 28.2 Å². The number of hydrogen-bond donors (Lipinski definition) is 1. The first kappa shape index (κ1) is 22.5. The van der Waals surface area contributed by atoms with E-state index in [9.17, 15) is 17.6 Å². The Labute approximate surface area is 190 Å². The number of piperazine rings is 1. The lowest BCUT2D eigenvalue weighted by Crippen LogP contribution is -2.52. The lowest BCUT2D eigenvalue weighted by Gasteiger charge is -2.35. The number of hydrogen-bond acceptors (Lipinski definition) is 5. The molecule has 1 amide bonds. The van der Waals surface area contributed by atoms with Gasteiger partial charge in [0.15, 0.2) is 5.16 Å². The van der Waals surface area contributed by atoms with E-state index < -0.39 is 10.0 Å². The van der Waals surface area contributed by atoms with Gasteiger partial charge in [-0.05, 0) is 48.9 Å². The molecule has 3 aromatic rings. The molecule has 4 rings (SSSR count). The number of amides is 1. The highest BCUT2D eigenvalue weighted by molar-refractivity contribution is 8.00. The molecular formula is C22H23FN4O3S2. The number of rotatable bonds is 6. The summed E-state index contributed by atoms with van der Waals surface area (Å²) in [6.07, 6.45) is 1.65. The van der Waals surface area contributed by atoms with Gasteiger partial charge >= 0.3 is 0 Å². The van der Waals surface area contributed by atoms with Crippen LogP contribution in [0, 0.1) is 5.82 Å². The smallest absolute Gasteiger partial charge is 0.243 e. The molecule has 1 aliphatic rings. The molecule has 0 spiro atoms. The Morgan fingerprint density at radius 2 is 1.72 bits per heavy atom. The van der Waals surface area contributed by atoms with Crippen molar-refractivity contribution in [2.45, 2.75) is 22.2 Å². The predicted octanol–water partition coefficient (Wildman–Crippen LogP) is 3.23. The summed E-state index contributed by atoms with van der Waals surface area (Å²) in [5, 5.41) is 0.204. The van der Waals surface area contributed by atoms with Gasteiger partial charge in [-0.1, -0.05) is 30.0 Å². The Hall–Kier alpha value is -2.69. The molecule has 1 fully saturated rings. The van der Waals surface area contributed by atoms with E-state index in [0.717, 1.165) is 11.3 Å². The summed E-state index contributed by atoms with van der Waals surface area (Å²) in [6, 6.07) is 14.4. The molecule has 1 saturated heterocycles. The van der Waals surface area contributed by atoms with Crippen molar-refractivity contribution in [1.29, 1.82) is 0 Å². The molecule has 0 aliphatic carbocycles. The van der Waals surface area contributed by atoms with E-state index in [4.69, 9.17) is 0 Å². The Morgan fingerprint density at radius 1 is 1.06 bits per heavy atom. The minimum absolute atomic E-state index is 0.0634. The normalized spacial score (nSPS) is 16.1. The van der Waals surface area contributed by atoms with Crippen molar-refractivity contribution < 1.29 is 17.6 Å². The van der Waals surface area contributed by atoms with E-state index in [0.29, 0.717) is 18.2 Å². The number of nitrogens with one attached hydrogen (secondary N) is 1. The molecule has 10 heteroatoms. The van der Waals surface area contributed by atoms with Gasteiger partial charge in [0.2, 0.25) is 15.9 Å². The summed E-state index contributed by atoms with van der Waals surface area (Å²) in [5.74, 6) is -0.370. The molecule has 1 N–H and O–H groups in total. The van der Waals surface area contributed by atoms with Gasteiger partial charge in [-0.15, -0.1) is 0 Å². The average molecular weight is 475 g/mol. The van der Waals surface area contributed by atoms with Crippen LogP contribution in [0.5, 0.6) is 0 Å². The topological polar surface area (TPSA) is 86.4 Å². The first-order valence-electron chi connectivity index (χ1n) is 10.2. The summed E-state index contributed by atoms with van der Waals surface area (Å²) in [7, 11) is -3.55. The lowest BCUT2D eigenvalue weighted by molar-refractivity contribution is -0.131. The minimum Gasteiger partial charge on any atom is -0.339 e. The molecule has 0 radical (unpaired) electrons. The monoisotopic (exact) mass is 474 g/mol. The molecule has 32 heavy (non-hydrogen) atoms. The number of carbonyl (C=O) groups excluding carboxylic acids is 1. The van der Waals surface area contributed by atoms with Crippen LogP contribution >= 0.6 is 11.8 Å². The van der Waals surface area contributed by atoms with Crippen LogP contribution in [0.1, 0.15) is 6.92 Å². The number of thioether (sulfide) groups is 1. The molecule has 1 aromatic heterocycles. The maximum Gasteiger partial charge on any atom is 0.243 e. The average Bonchev–Trinajstić information content (AvgIpc) is 3.28. The molecule has 168 valence electrons. The number of benzene rings is 2. The lowest BCUT2D eigenvalue weighted by atomic mass is 10.2. The number of aromatic nitrogens is 2. The van der Waals surface area contributed by atoms with Crippen molar-refractivity contribution in [3.63, 3.8) is 0 Å². The third kappa shape index (κ3) is 4.87. The summed E-state index contributed by atoms with van der Waals surface area (Å²) in [5.41, 5.74) is 1.55. The second-order valence-electron chi connectivity index (χ2n) is 7.41. The van der Waals surface area contributed by atoms with Crippen LogP contribution in [0.3, 0.4) is 0 Å². The van der Waals surface area contributed by atoms with Crippen LogP contribution in [0.2, 0.25) is 0 Å². The molecule has 7 nitrogen and oxygen atoms in total. The van der Waals surface area contributed by atoms with Gasteiger partial charge in [0, 0.05) is 26.2 Å². The standard InChI is InChI=1S/C22H23FN4O3S2/c1-16(31-22-24-15-20(25-22)17-7-9-18(23)10-8-17)21(28)26-11-13-27(14-12-26)32(29,30)19-5-3-2-4-6-19/h2-10,15-16H,11-14H2,1H3,(H,24,25). The summed E-state index contributed by atoms with van der Waals surface area (Å²) >= 11 is 1.30. The van der Waals surface area contributed by atoms with Crippen LogP contribution < -0.4 is 0 Å². The van der Waals surface area contributed by atoms with E-state index in [1.807, 2.05) is 0 Å². The molecule has 1 unspecified atom stereocenters. The van der Waals surface area contributed by atoms with Crippen molar-refractivity contribution in [2.24, 2.45) is 0 Å². The van der Waals surface area contributed by atoms with Gasteiger partial charge in [-0.25, -0.2) is 17.8 Å². The number of carbonyl (C=O) groups is 1. The molecule has 1 atom stereocenters. The number of sulfonamides is 1. The Balaban J connectivity index is 1.34. The molecule has 2 heterocycles. The maximum atomic E-state index is 13.1. The van der Waals surface area contributed by atoms with Crippen LogP contribution in [0.4, 0.5) is 4.39 Å². The number of halogens is 1. The molecule has 0 saturated carbocycles. The molecule has 1 aliphatic heterocycles. The highest BCUT2D eigenvalue weighted by Gasteiger charge is 2.31. The van der Waals surface area contributed by atoms with Gasteiger partial charge in [0.05, 0.1) is 22.0 Å². The zero-order chi connectivity index (χ0) is 22.7. The first-order chi connectivity index (χ1) is 15.3. The number of nitrogens with zero attached hydrogens (tertiary/aromatic N) is 3. The third-order valence-electron chi connectivity index (χ3n) is 5.28. The Kier molecular flexibility index (Phi) is 6.63. The van der Waals surface area contributed by atoms with Gasteiger partial charge in [0.25, 0.3) is 0 Å². The SMILES string of the molecule is CC(Sc1ncc(-c2ccc(F)cc2)[nH]1)C(=O)N1CCN(S(=O)(=O)c2ccccc2)CC1. The zero-order valence-electron chi connectivity index (χ0n) is 17.4. The summed E-state index contributed by atoms with van der Waals surface area (Å²) in [4.78, 5) is 22.3. The van der Waals surface area contributed by atoms with Crippen molar-refractivity contribution in [3.05, 3.63) is 66.6 Å². The Morgan fingerprint density at radius 3 is 2.38 bits per heavy atom. The quantitative estimate of drug-likeness (QED) is 0.555. The van der Waals surface area contributed by atoms with Crippen LogP contribution in [0.25, 0.3) is 11.3 Å². The second kappa shape index (κ2) is 9.43. The van der Waals surface area contributed by atoms with Gasteiger partial charge in [-0.2, -0.15) is 4.31 Å². The van der Waals surface area contributed by atoms with Crippen molar-refractivity contribution in [1.82, 2.24) is 19.2 Å². The van der Waals surface area contributed by atoms with E-state index in [1.54, 1.807) is 60.5 Å². The molecule has 2 aromatic carbocycles. The largest absolute Gasteiger partial charge is 0.339 e. The fourth-order valence-electron chi connectivity index (χ4n) is 3.50. The van der Waals surface area contributed by atoms with E-state index in [2.05, 4.69) is 9.97 Å². The van der Waals surface area contributed by atoms with Crippen molar-refractivity contribution in [3.8, 4) is 11.3 Å². The molecular weight excluding hydrogens is 451 g/mol. The zero-order valence-corrected chi connectivity index (χ0v) is 19.1. The molecule has 0 bridgehead atoms. The fraction of sp³-hybridized carbons (Fsp3) is 0.273. The van der Waals surface area contributed by atoms with Crippen molar-refractivity contribution >= 4 is 27.7 Å². The van der Waals surface area contributed by atoms with Crippen LogP contribution in [-0.2, 0) is 14.8 Å². The summed E-state index contributed by atoms with van der Waals surface area (Å²) < 4.78 is 40.1. The van der Waals surface area contributed by atoms with Gasteiger partial charge in [0.1, 0.15) is 5.82 Å². The highest BCUT2D eigenvalue weighted by atomic mass is 32.2. The van der Waals surface area contributed by atoms with Crippen LogP contribution in [0.15, 0.2) is 70.8 Å². The number of H-pyrrole nitrogens is 1. The van der Waals surface area contributed by atoms with E-state index >= 15 is 0 Å². The van der Waals surface area contributed by atoms with Gasteiger partial charge in [-0.3, -0.25) is 4.79 Å². The summed E-state index contributed by atoms with van der Waals surface area (Å²) in [6.45, 7) is 3.01. The third-order valence-corrected chi connectivity index (χ3v) is 8.17. The number of imidazole rings is 1. The second-order valence-corrected chi connectivity index (χ2v) is 10.7. The maximum absolute atomic E-state index is 13.1. The van der Waals surface area contributed by atoms with Crippen molar-refractivity contribution in [2.75, 3.05) is 26.2 Å². The minimum atomic E-state index is -3.55. The first-order valence-corrected chi connectivity index (χ1v) is 12.5. The number of aromatic amines is 1. The van der Waals surface area contributed by atoms with Gasteiger partial charge < -0.3 is 9.88 Å². The van der Waals surface area contributed by atoms with Crippen LogP contribution in [-0.4, -0.2) is 64.9 Å². The van der Waals surface area contributed by atoms with E-state index in [-0.39, 0.29) is 35.0 Å². The predicted molar refractivity (Wildman–Crippen MR) is 121 cm³/mol.